The van der Waals surface area contributed by atoms with E-state index in [2.05, 4.69) is 15.3 Å². The lowest BCUT2D eigenvalue weighted by Crippen LogP contribution is -2.13. The number of carbonyl (C=O) groups excluding carboxylic acids is 1. The number of rotatable bonds is 6. The number of nitro benzene ring substituents is 1. The van der Waals surface area contributed by atoms with Crippen molar-refractivity contribution in [1.29, 1.82) is 0 Å². The van der Waals surface area contributed by atoms with Crippen LogP contribution in [0, 0.1) is 10.1 Å². The predicted molar refractivity (Wildman–Crippen MR) is 97.8 cm³/mol. The van der Waals surface area contributed by atoms with Gasteiger partial charge in [0.25, 0.3) is 5.69 Å². The molecule has 0 radical (unpaired) electrons. The fraction of sp³-hybridized carbons (Fsp3) is 0.0625. The van der Waals surface area contributed by atoms with Crippen molar-refractivity contribution < 1.29 is 9.72 Å². The summed E-state index contributed by atoms with van der Waals surface area (Å²) in [6, 6.07) is 11.7. The Morgan fingerprint density at radius 2 is 2.16 bits per heavy atom. The van der Waals surface area contributed by atoms with Crippen LogP contribution in [0.4, 0.5) is 10.8 Å². The van der Waals surface area contributed by atoms with Crippen LogP contribution in [0.2, 0.25) is 0 Å². The molecule has 0 fully saturated rings. The van der Waals surface area contributed by atoms with Crippen LogP contribution in [0.3, 0.4) is 0 Å². The summed E-state index contributed by atoms with van der Waals surface area (Å²) in [5.41, 5.74) is 1.22. The van der Waals surface area contributed by atoms with Crippen molar-refractivity contribution >= 4 is 39.8 Å². The van der Waals surface area contributed by atoms with Gasteiger partial charge in [-0.3, -0.25) is 14.9 Å². The van der Waals surface area contributed by atoms with Crippen LogP contribution in [0.15, 0.2) is 59.1 Å². The van der Waals surface area contributed by atoms with E-state index in [4.69, 9.17) is 0 Å². The molecule has 9 heteroatoms. The summed E-state index contributed by atoms with van der Waals surface area (Å²) >= 11 is 2.61. The lowest BCUT2D eigenvalue weighted by molar-refractivity contribution is -0.384. The average molecular weight is 372 g/mol. The van der Waals surface area contributed by atoms with Gasteiger partial charge >= 0.3 is 0 Å². The molecule has 126 valence electrons. The minimum absolute atomic E-state index is 0.00264. The van der Waals surface area contributed by atoms with E-state index in [-0.39, 0.29) is 17.3 Å². The second-order valence-electron chi connectivity index (χ2n) is 4.85. The zero-order chi connectivity index (χ0) is 17.6. The van der Waals surface area contributed by atoms with E-state index in [1.807, 2.05) is 18.2 Å². The Hall–Kier alpha value is -2.78. The quantitative estimate of drug-likeness (QED) is 0.401. The number of amides is 1. The highest BCUT2D eigenvalue weighted by molar-refractivity contribution is 7.99. The maximum absolute atomic E-state index is 12.0. The largest absolute Gasteiger partial charge is 0.301 e. The second-order valence-corrected chi connectivity index (χ2v) is 6.70. The first-order valence-corrected chi connectivity index (χ1v) is 9.02. The Labute approximate surface area is 151 Å². The Morgan fingerprint density at radius 3 is 2.92 bits per heavy atom. The van der Waals surface area contributed by atoms with Gasteiger partial charge in [0.15, 0.2) is 5.13 Å². The lowest BCUT2D eigenvalue weighted by Gasteiger charge is -2.01. The first-order valence-electron chi connectivity index (χ1n) is 7.16. The van der Waals surface area contributed by atoms with Crippen LogP contribution in [0.1, 0.15) is 0 Å². The Bertz CT molecular complexity index is 899. The molecule has 0 saturated carbocycles. The molecule has 2 heterocycles. The van der Waals surface area contributed by atoms with Crippen LogP contribution >= 0.6 is 23.1 Å². The van der Waals surface area contributed by atoms with Gasteiger partial charge in [-0.15, -0.1) is 11.3 Å². The van der Waals surface area contributed by atoms with Gasteiger partial charge in [-0.05, 0) is 12.1 Å². The number of benzene rings is 1. The number of aromatic nitrogens is 2. The second kappa shape index (κ2) is 7.86. The van der Waals surface area contributed by atoms with Crippen molar-refractivity contribution in [2.24, 2.45) is 0 Å². The molecule has 1 aromatic carbocycles. The number of thiazole rings is 1. The number of carbonyl (C=O) groups is 1. The van der Waals surface area contributed by atoms with Gasteiger partial charge in [-0.25, -0.2) is 9.97 Å². The number of nitrogens with one attached hydrogen (secondary N) is 1. The van der Waals surface area contributed by atoms with Crippen molar-refractivity contribution in [2.45, 2.75) is 5.03 Å². The van der Waals surface area contributed by atoms with E-state index < -0.39 is 4.92 Å². The van der Waals surface area contributed by atoms with Crippen LogP contribution < -0.4 is 5.32 Å². The molecule has 1 amide bonds. The number of thioether (sulfide) groups is 1. The van der Waals surface area contributed by atoms with Crippen molar-refractivity contribution in [3.05, 3.63) is 64.2 Å². The summed E-state index contributed by atoms with van der Waals surface area (Å²) in [6.45, 7) is 0. The molecule has 0 atom stereocenters. The number of nitro groups is 1. The molecule has 1 N–H and O–H groups in total. The Balaban J connectivity index is 1.62. The lowest BCUT2D eigenvalue weighted by atomic mass is 10.1. The molecule has 0 aliphatic carbocycles. The van der Waals surface area contributed by atoms with Crippen molar-refractivity contribution in [3.8, 4) is 11.3 Å². The molecule has 0 saturated heterocycles. The van der Waals surface area contributed by atoms with Crippen LogP contribution in [0.25, 0.3) is 11.3 Å². The van der Waals surface area contributed by atoms with Crippen molar-refractivity contribution in [1.82, 2.24) is 9.97 Å². The third-order valence-corrected chi connectivity index (χ3v) is 4.79. The first kappa shape index (κ1) is 17.1. The van der Waals surface area contributed by atoms with Crippen LogP contribution in [0.5, 0.6) is 0 Å². The van der Waals surface area contributed by atoms with E-state index in [1.165, 1.54) is 35.2 Å². The summed E-state index contributed by atoms with van der Waals surface area (Å²) in [6.07, 6.45) is 1.67. The molecule has 0 aliphatic rings. The first-order chi connectivity index (χ1) is 12.1. The Kier molecular flexibility index (Phi) is 5.36. The molecular formula is C16H12N4O3S2. The SMILES string of the molecule is O=C(CSc1ccccn1)Nc1nc(-c2cccc([N+](=O)[O-])c2)cs1. The number of non-ortho nitro benzene ring substituents is 1. The normalized spacial score (nSPS) is 10.4. The maximum Gasteiger partial charge on any atom is 0.270 e. The third kappa shape index (κ3) is 4.61. The number of nitrogens with zero attached hydrogens (tertiary/aromatic N) is 3. The molecule has 25 heavy (non-hydrogen) atoms. The summed E-state index contributed by atoms with van der Waals surface area (Å²) in [5, 5.41) is 16.5. The van der Waals surface area contributed by atoms with E-state index in [0.717, 1.165) is 5.03 Å². The monoisotopic (exact) mass is 372 g/mol. The summed E-state index contributed by atoms with van der Waals surface area (Å²) in [5.74, 6) is 0.0403. The number of hydrogen-bond donors (Lipinski definition) is 1. The minimum Gasteiger partial charge on any atom is -0.301 e. The Morgan fingerprint density at radius 1 is 1.28 bits per heavy atom. The molecule has 3 rings (SSSR count). The highest BCUT2D eigenvalue weighted by atomic mass is 32.2. The predicted octanol–water partition coefficient (Wildman–Crippen LogP) is 3.84. The highest BCUT2D eigenvalue weighted by Crippen LogP contribution is 2.27. The smallest absolute Gasteiger partial charge is 0.270 e. The third-order valence-electron chi connectivity index (χ3n) is 3.09. The number of hydrogen-bond acceptors (Lipinski definition) is 7. The van der Waals surface area contributed by atoms with Crippen LogP contribution in [-0.2, 0) is 4.79 Å². The van der Waals surface area contributed by atoms with Gasteiger partial charge in [0, 0.05) is 29.3 Å². The fourth-order valence-electron chi connectivity index (χ4n) is 1.97. The molecule has 2 aromatic heterocycles. The standard InChI is InChI=1S/C16H12N4O3S2/c21-14(10-24-15-6-1-2-7-17-15)19-16-18-13(9-25-16)11-4-3-5-12(8-11)20(22)23/h1-9H,10H2,(H,18,19,21). The van der Waals surface area contributed by atoms with Crippen molar-refractivity contribution in [3.63, 3.8) is 0 Å². The minimum atomic E-state index is -0.451. The fourth-order valence-corrected chi connectivity index (χ4v) is 3.37. The van der Waals surface area contributed by atoms with Gasteiger partial charge in [0.2, 0.25) is 5.91 Å². The topological polar surface area (TPSA) is 98.0 Å². The van der Waals surface area contributed by atoms with Crippen LogP contribution in [-0.4, -0.2) is 26.6 Å². The number of pyridine rings is 1. The van der Waals surface area contributed by atoms with Gasteiger partial charge < -0.3 is 5.32 Å². The molecule has 0 bridgehead atoms. The summed E-state index contributed by atoms with van der Waals surface area (Å²) < 4.78 is 0. The van der Waals surface area contributed by atoms with Gasteiger partial charge in [0.1, 0.15) is 0 Å². The van der Waals surface area contributed by atoms with Gasteiger partial charge in [-0.2, -0.15) is 0 Å². The molecule has 0 aliphatic heterocycles. The zero-order valence-electron chi connectivity index (χ0n) is 12.8. The molecular weight excluding hydrogens is 360 g/mol. The number of anilines is 1. The zero-order valence-corrected chi connectivity index (χ0v) is 14.4. The molecule has 3 aromatic rings. The molecule has 7 nitrogen and oxygen atoms in total. The van der Waals surface area contributed by atoms with E-state index in [0.29, 0.717) is 16.4 Å². The van der Waals surface area contributed by atoms with E-state index in [1.54, 1.807) is 23.7 Å². The highest BCUT2D eigenvalue weighted by Gasteiger charge is 2.11. The molecule has 0 unspecified atom stereocenters. The van der Waals surface area contributed by atoms with Gasteiger partial charge in [0.05, 0.1) is 21.4 Å². The molecule has 0 spiro atoms. The van der Waals surface area contributed by atoms with Crippen molar-refractivity contribution in [2.75, 3.05) is 11.1 Å². The summed E-state index contributed by atoms with van der Waals surface area (Å²) in [7, 11) is 0. The maximum atomic E-state index is 12.0. The summed E-state index contributed by atoms with van der Waals surface area (Å²) in [4.78, 5) is 30.8. The van der Waals surface area contributed by atoms with Gasteiger partial charge in [-0.1, -0.05) is 30.0 Å². The van der Waals surface area contributed by atoms with E-state index in [9.17, 15) is 14.9 Å². The average Bonchev–Trinajstić information content (AvgIpc) is 3.09. The van der Waals surface area contributed by atoms with E-state index >= 15 is 0 Å².